The van der Waals surface area contributed by atoms with Crippen LogP contribution in [0.2, 0.25) is 0 Å². The molecule has 1 saturated heterocycles. The van der Waals surface area contributed by atoms with Gasteiger partial charge in [0.25, 0.3) is 0 Å². The van der Waals surface area contributed by atoms with Gasteiger partial charge >= 0.3 is 0 Å². The molecule has 3 N–H and O–H groups in total. The zero-order chi connectivity index (χ0) is 20.5. The van der Waals surface area contributed by atoms with Crippen LogP contribution in [0.25, 0.3) is 0 Å². The number of rotatable bonds is 8. The Morgan fingerprint density at radius 3 is 2.57 bits per heavy atom. The summed E-state index contributed by atoms with van der Waals surface area (Å²) in [7, 11) is 1.69. The van der Waals surface area contributed by atoms with Gasteiger partial charge in [0.1, 0.15) is 5.75 Å². The summed E-state index contributed by atoms with van der Waals surface area (Å²) in [6.45, 7) is 7.64. The van der Waals surface area contributed by atoms with Gasteiger partial charge in [-0.2, -0.15) is 0 Å². The number of ether oxygens (including phenoxy) is 2. The Balaban J connectivity index is 0.00000320. The van der Waals surface area contributed by atoms with Gasteiger partial charge < -0.3 is 25.2 Å². The molecule has 0 bridgehead atoms. The Kier molecular flexibility index (Phi) is 11.2. The summed E-state index contributed by atoms with van der Waals surface area (Å²) in [5.74, 6) is 2.00. The average Bonchev–Trinajstić information content (AvgIpc) is 3.18. The van der Waals surface area contributed by atoms with Crippen LogP contribution in [0.1, 0.15) is 37.8 Å². The van der Waals surface area contributed by atoms with E-state index >= 15 is 0 Å². The minimum Gasteiger partial charge on any atom is -0.497 e. The van der Waals surface area contributed by atoms with Gasteiger partial charge in [0.05, 0.1) is 39.0 Å². The van der Waals surface area contributed by atoms with Crippen LogP contribution in [0.15, 0.2) is 29.3 Å². The van der Waals surface area contributed by atoms with Gasteiger partial charge in [-0.15, -0.1) is 24.0 Å². The molecule has 2 fully saturated rings. The lowest BCUT2D eigenvalue weighted by Gasteiger charge is -2.34. The summed E-state index contributed by atoms with van der Waals surface area (Å²) >= 11 is 0. The molecule has 1 aromatic carbocycles. The summed E-state index contributed by atoms with van der Waals surface area (Å²) in [6, 6.07) is 8.47. The summed E-state index contributed by atoms with van der Waals surface area (Å²) in [6.07, 6.45) is 2.91. The van der Waals surface area contributed by atoms with Crippen molar-refractivity contribution in [3.63, 3.8) is 0 Å². The highest BCUT2D eigenvalue weighted by atomic mass is 127. The van der Waals surface area contributed by atoms with Crippen LogP contribution in [-0.2, 0) is 4.74 Å². The summed E-state index contributed by atoms with van der Waals surface area (Å²) < 4.78 is 10.9. The van der Waals surface area contributed by atoms with Gasteiger partial charge in [-0.05, 0) is 37.5 Å². The van der Waals surface area contributed by atoms with Crippen molar-refractivity contribution in [3.05, 3.63) is 29.8 Å². The average molecular weight is 532 g/mol. The summed E-state index contributed by atoms with van der Waals surface area (Å²) in [5.41, 5.74) is 1.23. The third kappa shape index (κ3) is 7.25. The lowest BCUT2D eigenvalue weighted by atomic mass is 10.0. The molecule has 30 heavy (non-hydrogen) atoms. The number of aliphatic hydroxyl groups is 1. The maximum atomic E-state index is 10.1. The number of nitrogens with zero attached hydrogens (tertiary/aromatic N) is 2. The number of hydrogen-bond acceptors (Lipinski definition) is 5. The number of aliphatic hydroxyl groups excluding tert-OH is 1. The Morgan fingerprint density at radius 1 is 1.23 bits per heavy atom. The lowest BCUT2D eigenvalue weighted by molar-refractivity contribution is 0.0179. The van der Waals surface area contributed by atoms with E-state index in [0.717, 1.165) is 70.4 Å². The smallest absolute Gasteiger partial charge is 0.191 e. The Bertz CT molecular complexity index is 638. The van der Waals surface area contributed by atoms with Crippen molar-refractivity contribution in [2.75, 3.05) is 53.0 Å². The lowest BCUT2D eigenvalue weighted by Crippen LogP contribution is -2.43. The number of halogens is 1. The standard InChI is InChI=1S/C22H36N4O3.HI/c1-3-23-22(24-15-18-5-4-6-21(18)27)25-16-20(26-11-13-29-14-12-26)17-7-9-19(28-2)10-8-17;/h7-10,18,20-21,27H,3-6,11-16H2,1-2H3,(H2,23,24,25);1H. The Hall–Kier alpha value is -1.10. The molecule has 1 aliphatic carbocycles. The number of hydrogen-bond donors (Lipinski definition) is 3. The third-order valence-corrected chi connectivity index (χ3v) is 5.90. The number of guanidine groups is 1. The highest BCUT2D eigenvalue weighted by Gasteiger charge is 2.26. The van der Waals surface area contributed by atoms with E-state index in [0.29, 0.717) is 12.5 Å². The van der Waals surface area contributed by atoms with Crippen molar-refractivity contribution >= 4 is 29.9 Å². The molecule has 3 atom stereocenters. The molecule has 3 unspecified atom stereocenters. The number of morpholine rings is 1. The molecule has 170 valence electrons. The van der Waals surface area contributed by atoms with Crippen LogP contribution < -0.4 is 15.4 Å². The van der Waals surface area contributed by atoms with Crippen LogP contribution in [0.3, 0.4) is 0 Å². The fourth-order valence-electron chi connectivity index (χ4n) is 4.15. The molecule has 1 saturated carbocycles. The SMILES string of the molecule is CCNC(=NCC(c1ccc(OC)cc1)N1CCOCC1)NCC1CCCC1O.I. The Morgan fingerprint density at radius 2 is 1.97 bits per heavy atom. The van der Waals surface area contributed by atoms with Crippen LogP contribution in [0.5, 0.6) is 5.75 Å². The molecule has 0 amide bonds. The van der Waals surface area contributed by atoms with Crippen molar-refractivity contribution in [2.24, 2.45) is 10.9 Å². The van der Waals surface area contributed by atoms with Crippen molar-refractivity contribution in [1.29, 1.82) is 0 Å². The first-order valence-electron chi connectivity index (χ1n) is 10.9. The van der Waals surface area contributed by atoms with E-state index in [2.05, 4.69) is 34.6 Å². The van der Waals surface area contributed by atoms with Gasteiger partial charge in [-0.25, -0.2) is 0 Å². The van der Waals surface area contributed by atoms with E-state index in [1.165, 1.54) is 5.56 Å². The minimum absolute atomic E-state index is 0. The highest BCUT2D eigenvalue weighted by molar-refractivity contribution is 14.0. The fourth-order valence-corrected chi connectivity index (χ4v) is 4.15. The monoisotopic (exact) mass is 532 g/mol. The van der Waals surface area contributed by atoms with Crippen molar-refractivity contribution in [3.8, 4) is 5.75 Å². The number of benzene rings is 1. The van der Waals surface area contributed by atoms with E-state index < -0.39 is 0 Å². The van der Waals surface area contributed by atoms with Gasteiger partial charge in [0, 0.05) is 32.1 Å². The zero-order valence-corrected chi connectivity index (χ0v) is 20.5. The van der Waals surface area contributed by atoms with Crippen molar-refractivity contribution in [2.45, 2.75) is 38.3 Å². The largest absolute Gasteiger partial charge is 0.497 e. The molecule has 3 rings (SSSR count). The van der Waals surface area contributed by atoms with Crippen LogP contribution >= 0.6 is 24.0 Å². The van der Waals surface area contributed by atoms with Crippen LogP contribution in [0.4, 0.5) is 0 Å². The minimum atomic E-state index is -0.189. The fraction of sp³-hybridized carbons (Fsp3) is 0.682. The van der Waals surface area contributed by atoms with E-state index in [1.807, 2.05) is 12.1 Å². The summed E-state index contributed by atoms with van der Waals surface area (Å²) in [4.78, 5) is 7.34. The second-order valence-corrected chi connectivity index (χ2v) is 7.80. The van der Waals surface area contributed by atoms with Gasteiger partial charge in [-0.1, -0.05) is 18.6 Å². The predicted octanol–water partition coefficient (Wildman–Crippen LogP) is 2.40. The predicted molar refractivity (Wildman–Crippen MR) is 131 cm³/mol. The quantitative estimate of drug-likeness (QED) is 0.271. The molecule has 0 spiro atoms. The van der Waals surface area contributed by atoms with Crippen LogP contribution in [-0.4, -0.2) is 75.1 Å². The molecule has 2 aliphatic rings. The molecule has 0 aromatic heterocycles. The zero-order valence-electron chi connectivity index (χ0n) is 18.2. The van der Waals surface area contributed by atoms with Gasteiger partial charge in [0.2, 0.25) is 0 Å². The first-order valence-corrected chi connectivity index (χ1v) is 10.9. The molecular weight excluding hydrogens is 495 g/mol. The van der Waals surface area contributed by atoms with E-state index in [1.54, 1.807) is 7.11 Å². The number of nitrogens with one attached hydrogen (secondary N) is 2. The molecule has 8 heteroatoms. The first-order chi connectivity index (χ1) is 14.2. The first kappa shape index (κ1) is 25.2. The second kappa shape index (κ2) is 13.3. The molecular formula is C22H37IN4O3. The maximum Gasteiger partial charge on any atom is 0.191 e. The van der Waals surface area contributed by atoms with E-state index in [9.17, 15) is 5.11 Å². The molecule has 0 radical (unpaired) electrons. The highest BCUT2D eigenvalue weighted by Crippen LogP contribution is 2.25. The second-order valence-electron chi connectivity index (χ2n) is 7.80. The topological polar surface area (TPSA) is 78.4 Å². The maximum absolute atomic E-state index is 10.1. The number of methoxy groups -OCH3 is 1. The molecule has 1 aromatic rings. The van der Waals surface area contributed by atoms with E-state index in [4.69, 9.17) is 14.5 Å². The molecule has 1 aliphatic heterocycles. The molecule has 7 nitrogen and oxygen atoms in total. The van der Waals surface area contributed by atoms with Crippen LogP contribution in [0, 0.1) is 5.92 Å². The van der Waals surface area contributed by atoms with E-state index in [-0.39, 0.29) is 36.1 Å². The van der Waals surface area contributed by atoms with Crippen molar-refractivity contribution in [1.82, 2.24) is 15.5 Å². The number of aliphatic imine (C=N–C) groups is 1. The summed E-state index contributed by atoms with van der Waals surface area (Å²) in [5, 5.41) is 16.9. The van der Waals surface area contributed by atoms with Gasteiger partial charge in [0.15, 0.2) is 5.96 Å². The molecule has 1 heterocycles. The van der Waals surface area contributed by atoms with Crippen molar-refractivity contribution < 1.29 is 14.6 Å². The third-order valence-electron chi connectivity index (χ3n) is 5.90. The Labute approximate surface area is 197 Å². The normalized spacial score (nSPS) is 23.5. The van der Waals surface area contributed by atoms with Gasteiger partial charge in [-0.3, -0.25) is 9.89 Å².